The van der Waals surface area contributed by atoms with E-state index in [-0.39, 0.29) is 23.3 Å². The van der Waals surface area contributed by atoms with Crippen molar-refractivity contribution < 1.29 is 4.79 Å². The van der Waals surface area contributed by atoms with Gasteiger partial charge in [-0.2, -0.15) is 0 Å². The third kappa shape index (κ3) is 4.73. The highest BCUT2D eigenvalue weighted by Gasteiger charge is 2.27. The quantitative estimate of drug-likeness (QED) is 0.929. The van der Waals surface area contributed by atoms with Crippen LogP contribution in [0.3, 0.4) is 0 Å². The summed E-state index contributed by atoms with van der Waals surface area (Å²) in [6, 6.07) is 3.63. The van der Waals surface area contributed by atoms with Gasteiger partial charge in [0.2, 0.25) is 5.91 Å². The Balaban J connectivity index is 2.04. The molecule has 0 saturated heterocycles. The number of rotatable bonds is 4. The summed E-state index contributed by atoms with van der Waals surface area (Å²) in [5.41, 5.74) is 1.46. The van der Waals surface area contributed by atoms with E-state index in [9.17, 15) is 4.79 Å². The number of halogens is 1. The van der Waals surface area contributed by atoms with Gasteiger partial charge in [0.15, 0.2) is 0 Å². The number of amides is 1. The molecule has 2 aromatic rings. The predicted octanol–water partition coefficient (Wildman–Crippen LogP) is 3.86. The Labute approximate surface area is 136 Å². The van der Waals surface area contributed by atoms with Gasteiger partial charge >= 0.3 is 0 Å². The molecule has 0 fully saturated rings. The van der Waals surface area contributed by atoms with E-state index in [1.54, 1.807) is 12.3 Å². The summed E-state index contributed by atoms with van der Waals surface area (Å²) in [5, 5.41) is 3.75. The van der Waals surface area contributed by atoms with E-state index in [2.05, 4.69) is 44.9 Å². The highest BCUT2D eigenvalue weighted by Crippen LogP contribution is 2.26. The molecule has 0 atom stereocenters. The van der Waals surface area contributed by atoms with Gasteiger partial charge in [-0.25, -0.2) is 4.98 Å². The molecule has 0 aliphatic carbocycles. The summed E-state index contributed by atoms with van der Waals surface area (Å²) < 4.78 is 1.84. The Morgan fingerprint density at radius 1 is 1.23 bits per heavy atom. The van der Waals surface area contributed by atoms with Gasteiger partial charge < -0.3 is 9.72 Å². The molecule has 1 amide bonds. The lowest BCUT2D eigenvalue weighted by Gasteiger charge is -2.33. The van der Waals surface area contributed by atoms with Crippen molar-refractivity contribution >= 4 is 23.2 Å². The second-order valence-corrected chi connectivity index (χ2v) is 8.13. The molecule has 0 aliphatic heterocycles. The van der Waals surface area contributed by atoms with E-state index in [1.807, 2.05) is 16.7 Å². The highest BCUT2D eigenvalue weighted by atomic mass is 35.5. The lowest BCUT2D eigenvalue weighted by Crippen LogP contribution is -2.46. The molecule has 1 N–H and O–H groups in total. The zero-order valence-electron chi connectivity index (χ0n) is 13.9. The summed E-state index contributed by atoms with van der Waals surface area (Å²) in [7, 11) is 0. The monoisotopic (exact) mass is 321 g/mol. The minimum atomic E-state index is -0.238. The molecule has 22 heavy (non-hydrogen) atoms. The number of fused-ring (bicyclic) bond motifs is 1. The van der Waals surface area contributed by atoms with Crippen molar-refractivity contribution in [1.29, 1.82) is 0 Å². The largest absolute Gasteiger partial charge is 0.351 e. The Kier molecular flexibility index (Phi) is 4.52. The lowest BCUT2D eigenvalue weighted by molar-refractivity contribution is -0.122. The first-order valence-electron chi connectivity index (χ1n) is 7.48. The van der Waals surface area contributed by atoms with Gasteiger partial charge in [-0.3, -0.25) is 4.79 Å². The van der Waals surface area contributed by atoms with Crippen LogP contribution in [-0.4, -0.2) is 20.8 Å². The fourth-order valence-electron chi connectivity index (χ4n) is 3.06. The molecule has 0 bridgehead atoms. The molecule has 2 heterocycles. The molecule has 0 saturated carbocycles. The van der Waals surface area contributed by atoms with Crippen LogP contribution in [0.25, 0.3) is 5.65 Å². The smallest absolute Gasteiger partial charge is 0.226 e. The fourth-order valence-corrected chi connectivity index (χ4v) is 3.23. The molecule has 0 unspecified atom stereocenters. The Morgan fingerprint density at radius 3 is 2.55 bits per heavy atom. The van der Waals surface area contributed by atoms with E-state index >= 15 is 0 Å². The normalized spacial score (nSPS) is 12.6. The first kappa shape index (κ1) is 16.8. The van der Waals surface area contributed by atoms with Gasteiger partial charge in [-0.1, -0.05) is 32.4 Å². The highest BCUT2D eigenvalue weighted by molar-refractivity contribution is 6.30. The van der Waals surface area contributed by atoms with Crippen LogP contribution < -0.4 is 5.32 Å². The molecule has 4 nitrogen and oxygen atoms in total. The van der Waals surface area contributed by atoms with Gasteiger partial charge in [-0.05, 0) is 37.8 Å². The SMILES string of the molecule is CC(C)(C)CC(C)(C)NC(=O)Cc1cn2cc(Cl)ccc2n1. The molecule has 0 radical (unpaired) electrons. The zero-order valence-corrected chi connectivity index (χ0v) is 14.7. The number of carbonyl (C=O) groups excluding carboxylic acids is 1. The molecule has 2 aromatic heterocycles. The van der Waals surface area contributed by atoms with Crippen molar-refractivity contribution in [3.8, 4) is 0 Å². The van der Waals surface area contributed by atoms with E-state index in [0.29, 0.717) is 5.02 Å². The minimum Gasteiger partial charge on any atom is -0.351 e. The van der Waals surface area contributed by atoms with Gasteiger partial charge in [0, 0.05) is 17.9 Å². The number of pyridine rings is 1. The molecule has 120 valence electrons. The van der Waals surface area contributed by atoms with Crippen LogP contribution in [0.1, 0.15) is 46.7 Å². The topological polar surface area (TPSA) is 46.4 Å². The van der Waals surface area contributed by atoms with E-state index < -0.39 is 0 Å². The van der Waals surface area contributed by atoms with E-state index in [0.717, 1.165) is 17.8 Å². The second kappa shape index (κ2) is 5.92. The number of hydrogen-bond acceptors (Lipinski definition) is 2. The summed E-state index contributed by atoms with van der Waals surface area (Å²) in [6.45, 7) is 10.6. The molecule has 0 aromatic carbocycles. The lowest BCUT2D eigenvalue weighted by atomic mass is 9.82. The van der Waals surface area contributed by atoms with Crippen molar-refractivity contribution in [3.05, 3.63) is 35.2 Å². The van der Waals surface area contributed by atoms with Crippen LogP contribution in [0, 0.1) is 5.41 Å². The molecular formula is C17H24ClN3O. The first-order chi connectivity index (χ1) is 10.0. The van der Waals surface area contributed by atoms with Crippen LogP contribution in [-0.2, 0) is 11.2 Å². The van der Waals surface area contributed by atoms with Crippen molar-refractivity contribution in [2.75, 3.05) is 0 Å². The van der Waals surface area contributed by atoms with E-state index in [1.165, 1.54) is 0 Å². The molecule has 5 heteroatoms. The van der Waals surface area contributed by atoms with Crippen molar-refractivity contribution in [1.82, 2.24) is 14.7 Å². The van der Waals surface area contributed by atoms with Gasteiger partial charge in [0.1, 0.15) is 5.65 Å². The third-order valence-corrected chi connectivity index (χ3v) is 3.48. The van der Waals surface area contributed by atoms with Crippen LogP contribution >= 0.6 is 11.6 Å². The maximum atomic E-state index is 12.3. The number of nitrogens with one attached hydrogen (secondary N) is 1. The number of aromatic nitrogens is 2. The van der Waals surface area contributed by atoms with Crippen molar-refractivity contribution in [2.45, 2.75) is 53.0 Å². The number of nitrogens with zero attached hydrogens (tertiary/aromatic N) is 2. The maximum absolute atomic E-state index is 12.3. The summed E-state index contributed by atoms with van der Waals surface area (Å²) in [4.78, 5) is 16.7. The van der Waals surface area contributed by atoms with Crippen LogP contribution in [0.4, 0.5) is 0 Å². The molecule has 2 rings (SSSR count). The minimum absolute atomic E-state index is 0.0104. The summed E-state index contributed by atoms with van der Waals surface area (Å²) in [6.07, 6.45) is 4.81. The summed E-state index contributed by atoms with van der Waals surface area (Å²) in [5.74, 6) is -0.0104. The van der Waals surface area contributed by atoms with Gasteiger partial charge in [0.25, 0.3) is 0 Å². The van der Waals surface area contributed by atoms with Crippen LogP contribution in [0.5, 0.6) is 0 Å². The zero-order chi connectivity index (χ0) is 16.5. The van der Waals surface area contributed by atoms with Crippen molar-refractivity contribution in [3.63, 3.8) is 0 Å². The third-order valence-electron chi connectivity index (χ3n) is 3.26. The Morgan fingerprint density at radius 2 is 1.91 bits per heavy atom. The van der Waals surface area contributed by atoms with Crippen molar-refractivity contribution in [2.24, 2.45) is 5.41 Å². The molecule has 0 spiro atoms. The molecular weight excluding hydrogens is 298 g/mol. The number of carbonyl (C=O) groups is 1. The molecule has 0 aliphatic rings. The van der Waals surface area contributed by atoms with Crippen LogP contribution in [0.15, 0.2) is 24.5 Å². The predicted molar refractivity (Wildman–Crippen MR) is 90.2 cm³/mol. The number of imidazole rings is 1. The number of hydrogen-bond donors (Lipinski definition) is 1. The van der Waals surface area contributed by atoms with E-state index in [4.69, 9.17) is 11.6 Å². The first-order valence-corrected chi connectivity index (χ1v) is 7.86. The van der Waals surface area contributed by atoms with Gasteiger partial charge in [0.05, 0.1) is 17.1 Å². The average Bonchev–Trinajstić information content (AvgIpc) is 2.65. The van der Waals surface area contributed by atoms with Gasteiger partial charge in [-0.15, -0.1) is 0 Å². The average molecular weight is 322 g/mol. The standard InChI is InChI=1S/C17H24ClN3O/c1-16(2,3)11-17(4,5)20-15(22)8-13-10-21-9-12(18)6-7-14(21)19-13/h6-7,9-10H,8,11H2,1-5H3,(H,20,22). The summed E-state index contributed by atoms with van der Waals surface area (Å²) >= 11 is 5.95. The van der Waals surface area contributed by atoms with Crippen LogP contribution in [0.2, 0.25) is 5.02 Å². The Bertz CT molecular complexity index is 683. The second-order valence-electron chi connectivity index (χ2n) is 7.69. The maximum Gasteiger partial charge on any atom is 0.226 e. The fraction of sp³-hybridized carbons (Fsp3) is 0.529. The Hall–Kier alpha value is -1.55.